The van der Waals surface area contributed by atoms with Crippen LogP contribution in [0.5, 0.6) is 17.2 Å². The largest absolute Gasteiger partial charge is 0.493 e. The number of ether oxygens (including phenoxy) is 3. The lowest BCUT2D eigenvalue weighted by atomic mass is 10.0. The molecule has 0 saturated carbocycles. The zero-order valence-electron chi connectivity index (χ0n) is 16.2. The number of ketones is 1. The van der Waals surface area contributed by atoms with Gasteiger partial charge in [0.1, 0.15) is 0 Å². The fourth-order valence-electron chi connectivity index (χ4n) is 3.01. The third kappa shape index (κ3) is 3.62. The van der Waals surface area contributed by atoms with E-state index in [1.54, 1.807) is 63.8 Å². The normalized spacial score (nSPS) is 10.4. The van der Waals surface area contributed by atoms with E-state index < -0.39 is 0 Å². The predicted molar refractivity (Wildman–Crippen MR) is 108 cm³/mol. The molecule has 0 aliphatic carbocycles. The highest BCUT2D eigenvalue weighted by Gasteiger charge is 2.17. The molecule has 0 heterocycles. The van der Waals surface area contributed by atoms with Gasteiger partial charge in [0.05, 0.1) is 21.3 Å². The average Bonchev–Trinajstić information content (AvgIpc) is 2.71. The van der Waals surface area contributed by atoms with Gasteiger partial charge in [-0.05, 0) is 60.8 Å². The van der Waals surface area contributed by atoms with Gasteiger partial charge in [0.25, 0.3) is 5.91 Å². The van der Waals surface area contributed by atoms with Crippen molar-refractivity contribution in [3.8, 4) is 17.2 Å². The number of rotatable bonds is 6. The third-order valence-electron chi connectivity index (χ3n) is 4.45. The molecule has 3 aromatic rings. The quantitative estimate of drug-likeness (QED) is 0.646. The van der Waals surface area contributed by atoms with Crippen molar-refractivity contribution >= 4 is 28.2 Å². The molecule has 0 aliphatic rings. The maximum Gasteiger partial charge on any atom is 0.255 e. The average molecular weight is 379 g/mol. The maximum atomic E-state index is 12.6. The molecule has 3 aromatic carbocycles. The van der Waals surface area contributed by atoms with E-state index in [0.717, 1.165) is 10.8 Å². The number of benzene rings is 3. The number of anilines is 1. The van der Waals surface area contributed by atoms with Gasteiger partial charge in [-0.3, -0.25) is 9.59 Å². The lowest BCUT2D eigenvalue weighted by Gasteiger charge is -2.15. The predicted octanol–water partition coefficient (Wildman–Crippen LogP) is 4.32. The summed E-state index contributed by atoms with van der Waals surface area (Å²) in [5, 5.41) is 4.43. The van der Waals surface area contributed by atoms with E-state index in [1.807, 2.05) is 6.07 Å². The van der Waals surface area contributed by atoms with Crippen LogP contribution in [0.15, 0.2) is 48.5 Å². The summed E-state index contributed by atoms with van der Waals surface area (Å²) >= 11 is 0. The Morgan fingerprint density at radius 1 is 0.786 bits per heavy atom. The summed E-state index contributed by atoms with van der Waals surface area (Å²) in [4.78, 5) is 24.0. The molecule has 0 unspecified atom stereocenters. The molecule has 28 heavy (non-hydrogen) atoms. The van der Waals surface area contributed by atoms with Crippen LogP contribution in [0.1, 0.15) is 27.6 Å². The fraction of sp³-hybridized carbons (Fsp3) is 0.182. The highest BCUT2D eigenvalue weighted by Crippen LogP contribution is 2.43. The van der Waals surface area contributed by atoms with Gasteiger partial charge < -0.3 is 19.5 Å². The number of carbonyl (C=O) groups excluding carboxylic acids is 2. The van der Waals surface area contributed by atoms with Crippen molar-refractivity contribution in [1.29, 1.82) is 0 Å². The third-order valence-corrected chi connectivity index (χ3v) is 4.45. The zero-order chi connectivity index (χ0) is 20.3. The molecule has 0 fully saturated rings. The molecule has 1 N–H and O–H groups in total. The monoisotopic (exact) mass is 379 g/mol. The number of nitrogens with one attached hydrogen (secondary N) is 1. The Bertz CT molecular complexity index is 1040. The van der Waals surface area contributed by atoms with Gasteiger partial charge in [0.2, 0.25) is 5.75 Å². The molecule has 0 aliphatic heterocycles. The van der Waals surface area contributed by atoms with Crippen LogP contribution in [0, 0.1) is 0 Å². The van der Waals surface area contributed by atoms with Gasteiger partial charge in [-0.15, -0.1) is 0 Å². The number of amides is 1. The minimum atomic E-state index is -0.258. The van der Waals surface area contributed by atoms with Crippen LogP contribution in [-0.2, 0) is 0 Å². The standard InChI is InChI=1S/C22H21NO5/c1-13(24)14-5-8-17(9-6-14)23-22(25)15-7-10-18-16(11-15)12-19(26-2)21(28-4)20(18)27-3/h5-12H,1-4H3,(H,23,25). The van der Waals surface area contributed by atoms with Crippen LogP contribution in [0.4, 0.5) is 5.69 Å². The Kier molecular flexibility index (Phi) is 5.49. The SMILES string of the molecule is COc1cc2cc(C(=O)Nc3ccc(C(C)=O)cc3)ccc2c(OC)c1OC. The van der Waals surface area contributed by atoms with E-state index in [-0.39, 0.29) is 11.7 Å². The first-order chi connectivity index (χ1) is 13.5. The first-order valence-electron chi connectivity index (χ1n) is 8.63. The van der Waals surface area contributed by atoms with Gasteiger partial charge in [-0.2, -0.15) is 0 Å². The van der Waals surface area contributed by atoms with Crippen molar-refractivity contribution in [2.75, 3.05) is 26.6 Å². The second-order valence-corrected chi connectivity index (χ2v) is 6.17. The molecule has 0 saturated heterocycles. The fourth-order valence-corrected chi connectivity index (χ4v) is 3.01. The molecular formula is C22H21NO5. The van der Waals surface area contributed by atoms with Crippen LogP contribution < -0.4 is 19.5 Å². The first kappa shape index (κ1) is 19.2. The van der Waals surface area contributed by atoms with Gasteiger partial charge in [-0.25, -0.2) is 0 Å². The second-order valence-electron chi connectivity index (χ2n) is 6.17. The Hall–Kier alpha value is -3.54. The number of fused-ring (bicyclic) bond motifs is 1. The zero-order valence-corrected chi connectivity index (χ0v) is 16.2. The van der Waals surface area contributed by atoms with Crippen molar-refractivity contribution in [1.82, 2.24) is 0 Å². The smallest absolute Gasteiger partial charge is 0.255 e. The van der Waals surface area contributed by atoms with Crippen molar-refractivity contribution in [2.24, 2.45) is 0 Å². The number of hydrogen-bond donors (Lipinski definition) is 1. The Morgan fingerprint density at radius 2 is 1.43 bits per heavy atom. The summed E-state index contributed by atoms with van der Waals surface area (Å²) in [6.07, 6.45) is 0. The number of methoxy groups -OCH3 is 3. The minimum absolute atomic E-state index is 0.0225. The molecule has 3 rings (SSSR count). The van der Waals surface area contributed by atoms with Crippen molar-refractivity contribution < 1.29 is 23.8 Å². The van der Waals surface area contributed by atoms with Crippen LogP contribution in [0.2, 0.25) is 0 Å². The van der Waals surface area contributed by atoms with Gasteiger partial charge in [-0.1, -0.05) is 0 Å². The van der Waals surface area contributed by atoms with Crippen LogP contribution >= 0.6 is 0 Å². The van der Waals surface area contributed by atoms with Crippen LogP contribution in [0.25, 0.3) is 10.8 Å². The molecule has 0 bridgehead atoms. The first-order valence-corrected chi connectivity index (χ1v) is 8.63. The van der Waals surface area contributed by atoms with E-state index in [2.05, 4.69) is 5.32 Å². The van der Waals surface area contributed by atoms with E-state index in [1.165, 1.54) is 6.92 Å². The summed E-state index contributed by atoms with van der Waals surface area (Å²) in [5.74, 6) is 1.28. The summed E-state index contributed by atoms with van der Waals surface area (Å²) in [6.45, 7) is 1.50. The maximum absolute atomic E-state index is 12.6. The Balaban J connectivity index is 1.94. The van der Waals surface area contributed by atoms with Crippen molar-refractivity contribution in [3.63, 3.8) is 0 Å². The van der Waals surface area contributed by atoms with Crippen molar-refractivity contribution in [2.45, 2.75) is 6.92 Å². The molecule has 0 radical (unpaired) electrons. The molecule has 0 aromatic heterocycles. The molecule has 144 valence electrons. The number of hydrogen-bond acceptors (Lipinski definition) is 5. The van der Waals surface area contributed by atoms with Gasteiger partial charge >= 0.3 is 0 Å². The molecule has 1 amide bonds. The summed E-state index contributed by atoms with van der Waals surface area (Å²) in [6, 6.07) is 13.9. The second kappa shape index (κ2) is 8.00. The van der Waals surface area contributed by atoms with Crippen molar-refractivity contribution in [3.05, 3.63) is 59.7 Å². The van der Waals surface area contributed by atoms with Crippen LogP contribution in [0.3, 0.4) is 0 Å². The molecule has 0 atom stereocenters. The highest BCUT2D eigenvalue weighted by atomic mass is 16.5. The molecular weight excluding hydrogens is 358 g/mol. The number of carbonyl (C=O) groups is 2. The summed E-state index contributed by atoms with van der Waals surface area (Å²) < 4.78 is 16.3. The Labute approximate surface area is 163 Å². The molecule has 0 spiro atoms. The molecule has 6 heteroatoms. The van der Waals surface area contributed by atoms with Gasteiger partial charge in [0, 0.05) is 22.2 Å². The number of Topliss-reactive ketones (excluding diaryl/α,β-unsaturated/α-hetero) is 1. The Morgan fingerprint density at radius 3 is 2.00 bits per heavy atom. The summed E-state index contributed by atoms with van der Waals surface area (Å²) in [5.41, 5.74) is 1.69. The van der Waals surface area contributed by atoms with E-state index in [0.29, 0.717) is 34.1 Å². The van der Waals surface area contributed by atoms with Gasteiger partial charge in [0.15, 0.2) is 17.3 Å². The van der Waals surface area contributed by atoms with Crippen LogP contribution in [-0.4, -0.2) is 33.0 Å². The van der Waals surface area contributed by atoms with E-state index in [4.69, 9.17) is 14.2 Å². The van der Waals surface area contributed by atoms with E-state index >= 15 is 0 Å². The highest BCUT2D eigenvalue weighted by molar-refractivity contribution is 6.07. The lowest BCUT2D eigenvalue weighted by Crippen LogP contribution is -2.12. The van der Waals surface area contributed by atoms with E-state index in [9.17, 15) is 9.59 Å². The lowest BCUT2D eigenvalue weighted by molar-refractivity contribution is 0.101. The molecule has 6 nitrogen and oxygen atoms in total. The topological polar surface area (TPSA) is 73.9 Å². The summed E-state index contributed by atoms with van der Waals surface area (Å²) in [7, 11) is 4.65. The minimum Gasteiger partial charge on any atom is -0.493 e.